The first-order chi connectivity index (χ1) is 12.6. The van der Waals surface area contributed by atoms with Gasteiger partial charge in [-0.25, -0.2) is 14.6 Å². The molecule has 8 nitrogen and oxygen atoms in total. The van der Waals surface area contributed by atoms with Crippen molar-refractivity contribution in [2.45, 2.75) is 6.92 Å². The lowest BCUT2D eigenvalue weighted by atomic mass is 10.2. The average Bonchev–Trinajstić information content (AvgIpc) is 3.04. The quantitative estimate of drug-likeness (QED) is 0.671. The van der Waals surface area contributed by atoms with Crippen LogP contribution in [0.4, 0.5) is 15.4 Å². The van der Waals surface area contributed by atoms with Crippen LogP contribution in [0.5, 0.6) is 11.5 Å². The predicted octanol–water partition coefficient (Wildman–Crippen LogP) is 3.16. The molecule has 26 heavy (non-hydrogen) atoms. The number of hydrogen-bond acceptors (Lipinski definition) is 4. The number of ether oxygens (including phenoxy) is 1. The van der Waals surface area contributed by atoms with Crippen LogP contribution >= 0.6 is 0 Å². The number of carbonyl (C=O) groups excluding carboxylic acids is 2. The zero-order valence-electron chi connectivity index (χ0n) is 14.4. The monoisotopic (exact) mass is 353 g/mol. The van der Waals surface area contributed by atoms with Crippen LogP contribution in [0.15, 0.2) is 48.8 Å². The fraction of sp³-hybridized carbons (Fsp3) is 0.167. The molecule has 0 spiro atoms. The number of hydrogen-bond donors (Lipinski definition) is 3. The largest absolute Gasteiger partial charge is 0.457 e. The predicted molar refractivity (Wildman–Crippen MR) is 98.8 cm³/mol. The van der Waals surface area contributed by atoms with Crippen molar-refractivity contribution < 1.29 is 14.3 Å². The molecule has 0 aliphatic rings. The van der Waals surface area contributed by atoms with Gasteiger partial charge in [-0.1, -0.05) is 0 Å². The second kappa shape index (κ2) is 7.56. The van der Waals surface area contributed by atoms with Gasteiger partial charge < -0.3 is 15.4 Å². The summed E-state index contributed by atoms with van der Waals surface area (Å²) < 4.78 is 7.37. The second-order valence-corrected chi connectivity index (χ2v) is 5.42. The Morgan fingerprint density at radius 2 is 1.96 bits per heavy atom. The summed E-state index contributed by atoms with van der Waals surface area (Å²) in [6, 6.07) is 10.1. The number of fused-ring (bicyclic) bond motifs is 1. The molecule has 0 atom stereocenters. The molecule has 3 amide bonds. The molecular formula is C18H19N5O3. The molecule has 3 N–H and O–H groups in total. The summed E-state index contributed by atoms with van der Waals surface area (Å²) in [6.07, 6.45) is 3.26. The summed E-state index contributed by atoms with van der Waals surface area (Å²) in [7, 11) is 1.58. The van der Waals surface area contributed by atoms with Gasteiger partial charge >= 0.3 is 12.1 Å². The lowest BCUT2D eigenvalue weighted by molar-refractivity contribution is 0.245. The smallest absolute Gasteiger partial charge is 0.325 e. The molecule has 0 aliphatic carbocycles. The van der Waals surface area contributed by atoms with Gasteiger partial charge in [-0.05, 0) is 37.3 Å². The van der Waals surface area contributed by atoms with Crippen molar-refractivity contribution in [3.05, 3.63) is 48.8 Å². The van der Waals surface area contributed by atoms with E-state index in [-0.39, 0.29) is 12.1 Å². The Morgan fingerprint density at radius 1 is 1.15 bits per heavy atom. The van der Waals surface area contributed by atoms with Gasteiger partial charge in [0.2, 0.25) is 0 Å². The minimum Gasteiger partial charge on any atom is -0.457 e. The molecule has 0 aliphatic heterocycles. The van der Waals surface area contributed by atoms with Gasteiger partial charge in [0, 0.05) is 37.4 Å². The summed E-state index contributed by atoms with van der Waals surface area (Å²) in [5, 5.41) is 8.73. The summed E-state index contributed by atoms with van der Waals surface area (Å²) in [6.45, 7) is 2.36. The number of benzene rings is 1. The van der Waals surface area contributed by atoms with Crippen LogP contribution in [0.25, 0.3) is 10.9 Å². The lowest BCUT2D eigenvalue weighted by Crippen LogP contribution is -2.28. The molecular weight excluding hydrogens is 334 g/mol. The topological polar surface area (TPSA) is 97.3 Å². The normalized spacial score (nSPS) is 10.4. The number of nitrogens with one attached hydrogen (secondary N) is 3. The van der Waals surface area contributed by atoms with E-state index in [0.717, 1.165) is 10.9 Å². The van der Waals surface area contributed by atoms with E-state index in [0.29, 0.717) is 23.9 Å². The van der Waals surface area contributed by atoms with Crippen LogP contribution in [0.2, 0.25) is 0 Å². The molecule has 0 fully saturated rings. The molecule has 3 rings (SSSR count). The Balaban J connectivity index is 1.78. The third-order valence-corrected chi connectivity index (χ3v) is 3.64. The van der Waals surface area contributed by atoms with Crippen molar-refractivity contribution in [1.82, 2.24) is 20.2 Å². The molecule has 3 aromatic rings. The number of aromatic nitrogens is 2. The Labute approximate surface area is 150 Å². The molecule has 0 unspecified atom stereocenters. The maximum atomic E-state index is 11.8. The molecule has 2 aromatic heterocycles. The van der Waals surface area contributed by atoms with Gasteiger partial charge in [0.25, 0.3) is 0 Å². The Kier molecular flexibility index (Phi) is 5.02. The van der Waals surface area contributed by atoms with Crippen molar-refractivity contribution >= 4 is 28.8 Å². The Morgan fingerprint density at radius 3 is 2.73 bits per heavy atom. The number of nitrogens with zero attached hydrogens (tertiary/aromatic N) is 2. The first-order valence-electron chi connectivity index (χ1n) is 8.12. The van der Waals surface area contributed by atoms with Crippen LogP contribution in [0.3, 0.4) is 0 Å². The molecule has 0 saturated heterocycles. The van der Waals surface area contributed by atoms with E-state index in [1.807, 2.05) is 25.1 Å². The van der Waals surface area contributed by atoms with E-state index in [2.05, 4.69) is 20.9 Å². The summed E-state index contributed by atoms with van der Waals surface area (Å²) in [5.74, 6) is 1.54. The zero-order valence-corrected chi connectivity index (χ0v) is 14.4. The number of carbonyl (C=O) groups is 2. The Hall–Kier alpha value is -3.55. The third-order valence-electron chi connectivity index (χ3n) is 3.64. The first-order valence-corrected chi connectivity index (χ1v) is 8.12. The highest BCUT2D eigenvalue weighted by atomic mass is 16.5. The van der Waals surface area contributed by atoms with Crippen molar-refractivity contribution in [3.63, 3.8) is 0 Å². The maximum absolute atomic E-state index is 11.8. The van der Waals surface area contributed by atoms with Crippen LogP contribution in [-0.4, -0.2) is 35.2 Å². The van der Waals surface area contributed by atoms with Crippen LogP contribution in [-0.2, 0) is 0 Å². The highest BCUT2D eigenvalue weighted by Crippen LogP contribution is 2.27. The number of pyridine rings is 1. The molecule has 134 valence electrons. The molecule has 8 heteroatoms. The zero-order chi connectivity index (χ0) is 18.5. The van der Waals surface area contributed by atoms with Gasteiger partial charge in [0.05, 0.1) is 5.52 Å². The number of rotatable bonds is 4. The van der Waals surface area contributed by atoms with Crippen molar-refractivity contribution in [2.24, 2.45) is 0 Å². The van der Waals surface area contributed by atoms with E-state index < -0.39 is 0 Å². The van der Waals surface area contributed by atoms with Crippen molar-refractivity contribution in [1.29, 1.82) is 0 Å². The number of amides is 3. The SMILES string of the molecule is CCNC(=O)Nc1cc(Oc2ccc3c(ccn3C(=O)NC)c2)ccn1. The van der Waals surface area contributed by atoms with Crippen LogP contribution in [0, 0.1) is 0 Å². The molecule has 2 heterocycles. The van der Waals surface area contributed by atoms with Gasteiger partial charge in [0.15, 0.2) is 0 Å². The van der Waals surface area contributed by atoms with Crippen molar-refractivity contribution in [2.75, 3.05) is 18.9 Å². The summed E-state index contributed by atoms with van der Waals surface area (Å²) >= 11 is 0. The fourth-order valence-corrected chi connectivity index (χ4v) is 2.48. The highest BCUT2D eigenvalue weighted by molar-refractivity contribution is 5.92. The van der Waals surface area contributed by atoms with E-state index in [9.17, 15) is 9.59 Å². The highest BCUT2D eigenvalue weighted by Gasteiger charge is 2.09. The summed E-state index contributed by atoms with van der Waals surface area (Å²) in [5.41, 5.74) is 0.782. The number of anilines is 1. The first kappa shape index (κ1) is 17.3. The third kappa shape index (κ3) is 3.75. The van der Waals surface area contributed by atoms with Gasteiger partial charge in [0.1, 0.15) is 17.3 Å². The molecule has 0 radical (unpaired) electrons. The molecule has 0 bridgehead atoms. The fourth-order valence-electron chi connectivity index (χ4n) is 2.48. The number of urea groups is 1. The lowest BCUT2D eigenvalue weighted by Gasteiger charge is -2.09. The van der Waals surface area contributed by atoms with Crippen LogP contribution in [0.1, 0.15) is 6.92 Å². The average molecular weight is 353 g/mol. The summed E-state index contributed by atoms with van der Waals surface area (Å²) in [4.78, 5) is 27.5. The standard InChI is InChI=1S/C18H19N5O3/c1-3-20-17(24)22-16-11-14(6-8-21-16)26-13-4-5-15-12(10-13)7-9-23(15)18(25)19-2/h4-11H,3H2,1-2H3,(H,19,25)(H2,20,21,22,24). The molecule has 0 saturated carbocycles. The minimum absolute atomic E-state index is 0.205. The van der Waals surface area contributed by atoms with Gasteiger partial charge in [-0.2, -0.15) is 0 Å². The maximum Gasteiger partial charge on any atom is 0.325 e. The van der Waals surface area contributed by atoms with E-state index in [1.54, 1.807) is 37.6 Å². The minimum atomic E-state index is -0.325. The van der Waals surface area contributed by atoms with E-state index >= 15 is 0 Å². The van der Waals surface area contributed by atoms with E-state index in [1.165, 1.54) is 4.57 Å². The van der Waals surface area contributed by atoms with Gasteiger partial charge in [-0.3, -0.25) is 9.88 Å². The van der Waals surface area contributed by atoms with Crippen LogP contribution < -0.4 is 20.7 Å². The second-order valence-electron chi connectivity index (χ2n) is 5.42. The molecule has 1 aromatic carbocycles. The Bertz CT molecular complexity index is 951. The van der Waals surface area contributed by atoms with E-state index in [4.69, 9.17) is 4.74 Å². The van der Waals surface area contributed by atoms with Crippen molar-refractivity contribution in [3.8, 4) is 11.5 Å². The van der Waals surface area contributed by atoms with Gasteiger partial charge in [-0.15, -0.1) is 0 Å².